The fourth-order valence-corrected chi connectivity index (χ4v) is 3.89. The molecule has 3 aromatic carbocycles. The molecule has 0 atom stereocenters. The van der Waals surface area contributed by atoms with E-state index in [9.17, 15) is 27.2 Å². The molecule has 1 aliphatic heterocycles. The number of halogens is 4. The Morgan fingerprint density at radius 2 is 1.74 bits per heavy atom. The van der Waals surface area contributed by atoms with E-state index in [2.05, 4.69) is 5.32 Å². The number of urea groups is 1. The SMILES string of the molecule is Cc1cccc(CN2C(=O)N(C)Cc3ccc(C(=O)NCc4c(F)cc(F)cc4F)cc32)c1F. The lowest BCUT2D eigenvalue weighted by Gasteiger charge is -2.35. The maximum atomic E-state index is 14.6. The van der Waals surface area contributed by atoms with E-state index in [0.717, 1.165) is 5.56 Å². The Morgan fingerprint density at radius 1 is 1.03 bits per heavy atom. The minimum atomic E-state index is -1.11. The summed E-state index contributed by atoms with van der Waals surface area (Å²) in [6.07, 6.45) is 0. The molecule has 176 valence electrons. The van der Waals surface area contributed by atoms with Crippen molar-refractivity contribution in [1.29, 1.82) is 0 Å². The maximum absolute atomic E-state index is 14.6. The smallest absolute Gasteiger partial charge is 0.324 e. The summed E-state index contributed by atoms with van der Waals surface area (Å²) in [5, 5.41) is 2.41. The number of anilines is 1. The van der Waals surface area contributed by atoms with Crippen LogP contribution in [0.3, 0.4) is 0 Å². The molecular weight excluding hydrogens is 450 g/mol. The van der Waals surface area contributed by atoms with Crippen molar-refractivity contribution in [2.24, 2.45) is 0 Å². The monoisotopic (exact) mass is 471 g/mol. The molecule has 34 heavy (non-hydrogen) atoms. The minimum Gasteiger partial charge on any atom is -0.348 e. The summed E-state index contributed by atoms with van der Waals surface area (Å²) in [5.41, 5.74) is 1.64. The van der Waals surface area contributed by atoms with Gasteiger partial charge in [0.25, 0.3) is 5.91 Å². The first kappa shape index (κ1) is 23.3. The standard InChI is InChI=1S/C25H21F4N3O2/c1-14-4-3-5-17(23(14)29)13-32-22-8-15(6-7-16(22)12-31(2)25(32)34)24(33)30-11-19-20(27)9-18(26)10-21(19)28/h3-10H,11-13H2,1-2H3,(H,30,33). The Hall–Kier alpha value is -3.88. The van der Waals surface area contributed by atoms with Crippen molar-refractivity contribution in [2.45, 2.75) is 26.6 Å². The number of fused-ring (bicyclic) bond motifs is 1. The Balaban J connectivity index is 1.61. The second-order valence-electron chi connectivity index (χ2n) is 8.15. The molecule has 3 aromatic rings. The number of hydrogen-bond acceptors (Lipinski definition) is 2. The second kappa shape index (κ2) is 9.17. The van der Waals surface area contributed by atoms with Gasteiger partial charge in [0.1, 0.15) is 23.3 Å². The fourth-order valence-electron chi connectivity index (χ4n) is 3.89. The fraction of sp³-hybridized carbons (Fsp3) is 0.200. The van der Waals surface area contributed by atoms with E-state index < -0.39 is 41.3 Å². The van der Waals surface area contributed by atoms with E-state index in [1.165, 1.54) is 21.9 Å². The van der Waals surface area contributed by atoms with Crippen LogP contribution in [-0.2, 0) is 19.6 Å². The van der Waals surface area contributed by atoms with E-state index in [0.29, 0.717) is 35.5 Å². The van der Waals surface area contributed by atoms with E-state index in [4.69, 9.17) is 0 Å². The van der Waals surface area contributed by atoms with Gasteiger partial charge >= 0.3 is 6.03 Å². The van der Waals surface area contributed by atoms with Gasteiger partial charge in [0.2, 0.25) is 0 Å². The van der Waals surface area contributed by atoms with Crippen LogP contribution in [0.15, 0.2) is 48.5 Å². The predicted molar refractivity (Wildman–Crippen MR) is 118 cm³/mol. The number of rotatable bonds is 5. The van der Waals surface area contributed by atoms with Gasteiger partial charge < -0.3 is 10.2 Å². The third-order valence-electron chi connectivity index (χ3n) is 5.74. The van der Waals surface area contributed by atoms with Gasteiger partial charge in [0, 0.05) is 49.0 Å². The van der Waals surface area contributed by atoms with Crippen molar-refractivity contribution < 1.29 is 27.2 Å². The molecule has 0 saturated heterocycles. The van der Waals surface area contributed by atoms with Crippen LogP contribution in [0, 0.1) is 30.2 Å². The zero-order valence-corrected chi connectivity index (χ0v) is 18.5. The molecule has 0 unspecified atom stereocenters. The second-order valence-corrected chi connectivity index (χ2v) is 8.15. The average molecular weight is 471 g/mol. The molecule has 0 spiro atoms. The highest BCUT2D eigenvalue weighted by Gasteiger charge is 2.29. The molecule has 4 rings (SSSR count). The van der Waals surface area contributed by atoms with Crippen molar-refractivity contribution in [3.63, 3.8) is 0 Å². The lowest BCUT2D eigenvalue weighted by Crippen LogP contribution is -2.45. The summed E-state index contributed by atoms with van der Waals surface area (Å²) >= 11 is 0. The predicted octanol–water partition coefficient (Wildman–Crippen LogP) is 5.05. The minimum absolute atomic E-state index is 0.0409. The van der Waals surface area contributed by atoms with Crippen molar-refractivity contribution >= 4 is 17.6 Å². The van der Waals surface area contributed by atoms with E-state index in [1.807, 2.05) is 0 Å². The van der Waals surface area contributed by atoms with Gasteiger partial charge in [-0.25, -0.2) is 22.4 Å². The molecular formula is C25H21F4N3O2. The van der Waals surface area contributed by atoms with Gasteiger partial charge in [-0.3, -0.25) is 9.69 Å². The molecule has 0 aromatic heterocycles. The van der Waals surface area contributed by atoms with Crippen LogP contribution < -0.4 is 10.2 Å². The van der Waals surface area contributed by atoms with Crippen LogP contribution in [-0.4, -0.2) is 23.9 Å². The van der Waals surface area contributed by atoms with Crippen LogP contribution in [0.25, 0.3) is 0 Å². The van der Waals surface area contributed by atoms with Gasteiger partial charge in [-0.15, -0.1) is 0 Å². The Bertz CT molecular complexity index is 1270. The molecule has 0 radical (unpaired) electrons. The number of hydrogen-bond donors (Lipinski definition) is 1. The van der Waals surface area contributed by atoms with Crippen molar-refractivity contribution in [3.8, 4) is 0 Å². The van der Waals surface area contributed by atoms with E-state index in [1.54, 1.807) is 38.2 Å². The van der Waals surface area contributed by atoms with Crippen LogP contribution in [0.5, 0.6) is 0 Å². The number of aryl methyl sites for hydroxylation is 1. The van der Waals surface area contributed by atoms with Gasteiger partial charge in [-0.1, -0.05) is 24.3 Å². The van der Waals surface area contributed by atoms with Crippen molar-refractivity contribution in [3.05, 3.63) is 99.6 Å². The van der Waals surface area contributed by atoms with Crippen molar-refractivity contribution in [2.75, 3.05) is 11.9 Å². The topological polar surface area (TPSA) is 52.7 Å². The molecule has 3 amide bonds. The molecule has 1 heterocycles. The zero-order valence-electron chi connectivity index (χ0n) is 18.5. The maximum Gasteiger partial charge on any atom is 0.324 e. The summed E-state index contributed by atoms with van der Waals surface area (Å²) < 4.78 is 55.5. The van der Waals surface area contributed by atoms with Crippen LogP contribution in [0.4, 0.5) is 28.0 Å². The molecule has 1 aliphatic rings. The Labute approximate surface area is 193 Å². The number of amides is 3. The number of nitrogens with one attached hydrogen (secondary N) is 1. The van der Waals surface area contributed by atoms with Crippen LogP contribution in [0.2, 0.25) is 0 Å². The van der Waals surface area contributed by atoms with Crippen LogP contribution >= 0.6 is 0 Å². The lowest BCUT2D eigenvalue weighted by molar-refractivity contribution is 0.0950. The van der Waals surface area contributed by atoms with Gasteiger partial charge in [-0.05, 0) is 30.2 Å². The zero-order chi connectivity index (χ0) is 24.6. The van der Waals surface area contributed by atoms with Crippen LogP contribution in [0.1, 0.15) is 32.6 Å². The third kappa shape index (κ3) is 4.46. The summed E-state index contributed by atoms with van der Waals surface area (Å²) in [4.78, 5) is 28.5. The first-order valence-electron chi connectivity index (χ1n) is 10.5. The highest BCUT2D eigenvalue weighted by Crippen LogP contribution is 2.31. The molecule has 0 aliphatic carbocycles. The summed E-state index contributed by atoms with van der Waals surface area (Å²) in [5.74, 6) is -4.33. The average Bonchev–Trinajstić information content (AvgIpc) is 2.78. The normalized spacial score (nSPS) is 13.2. The number of carbonyl (C=O) groups is 2. The van der Waals surface area contributed by atoms with Gasteiger partial charge in [0.05, 0.1) is 12.2 Å². The van der Waals surface area contributed by atoms with E-state index in [-0.39, 0.29) is 18.1 Å². The molecule has 5 nitrogen and oxygen atoms in total. The summed E-state index contributed by atoms with van der Waals surface area (Å²) in [6, 6.07) is 10.3. The largest absolute Gasteiger partial charge is 0.348 e. The van der Waals surface area contributed by atoms with Gasteiger partial charge in [-0.2, -0.15) is 0 Å². The molecule has 0 bridgehead atoms. The number of carbonyl (C=O) groups excluding carboxylic acids is 2. The van der Waals surface area contributed by atoms with E-state index >= 15 is 0 Å². The highest BCUT2D eigenvalue weighted by molar-refractivity contribution is 5.99. The Kier molecular flexibility index (Phi) is 6.28. The molecule has 0 saturated carbocycles. The van der Waals surface area contributed by atoms with Crippen molar-refractivity contribution in [1.82, 2.24) is 10.2 Å². The quantitative estimate of drug-likeness (QED) is 0.530. The summed E-state index contributed by atoms with van der Waals surface area (Å²) in [6.45, 7) is 1.40. The number of benzene rings is 3. The first-order valence-corrected chi connectivity index (χ1v) is 10.5. The molecule has 0 fully saturated rings. The molecule has 1 N–H and O–H groups in total. The Morgan fingerprint density at radius 3 is 2.44 bits per heavy atom. The first-order chi connectivity index (χ1) is 16.2. The molecule has 9 heteroatoms. The highest BCUT2D eigenvalue weighted by atomic mass is 19.1. The van der Waals surface area contributed by atoms with Gasteiger partial charge in [0.15, 0.2) is 0 Å². The summed E-state index contributed by atoms with van der Waals surface area (Å²) in [7, 11) is 1.62. The lowest BCUT2D eigenvalue weighted by atomic mass is 10.0. The third-order valence-corrected chi connectivity index (χ3v) is 5.74. The number of nitrogens with zero attached hydrogens (tertiary/aromatic N) is 2.